The third kappa shape index (κ3) is 3.19. The van der Waals surface area contributed by atoms with Crippen LogP contribution in [0.5, 0.6) is 11.5 Å². The molecule has 0 spiro atoms. The van der Waals surface area contributed by atoms with Gasteiger partial charge < -0.3 is 23.7 Å². The Kier molecular flexibility index (Phi) is 4.31. The van der Waals surface area contributed by atoms with E-state index >= 15 is 0 Å². The zero-order chi connectivity index (χ0) is 17.2. The summed E-state index contributed by atoms with van der Waals surface area (Å²) in [7, 11) is 0. The highest BCUT2D eigenvalue weighted by Crippen LogP contribution is 2.33. The molecule has 1 aromatic heterocycles. The molecule has 1 aromatic carbocycles. The summed E-state index contributed by atoms with van der Waals surface area (Å²) in [5.41, 5.74) is 0.597. The van der Waals surface area contributed by atoms with Crippen molar-refractivity contribution < 1.29 is 19.0 Å². The van der Waals surface area contributed by atoms with E-state index in [9.17, 15) is 4.79 Å². The first kappa shape index (κ1) is 16.0. The number of rotatable bonds is 4. The molecule has 1 amide bonds. The topological polar surface area (TPSA) is 65.8 Å². The summed E-state index contributed by atoms with van der Waals surface area (Å²) in [5.74, 6) is 2.39. The van der Waals surface area contributed by atoms with Gasteiger partial charge in [-0.1, -0.05) is 0 Å². The quantitative estimate of drug-likeness (QED) is 0.849. The molecule has 0 fully saturated rings. The molecule has 7 heteroatoms. The first-order chi connectivity index (χ1) is 12.2. The Morgan fingerprint density at radius 3 is 3.08 bits per heavy atom. The van der Waals surface area contributed by atoms with Crippen LogP contribution in [0.1, 0.15) is 23.1 Å². The number of hydrogen-bond donors (Lipinski definition) is 0. The average Bonchev–Trinajstić information content (AvgIpc) is 3.23. The second kappa shape index (κ2) is 6.76. The van der Waals surface area contributed by atoms with E-state index in [2.05, 4.69) is 9.55 Å². The summed E-state index contributed by atoms with van der Waals surface area (Å²) in [6.07, 6.45) is 3.74. The SMILES string of the molecule is CCOCC1CN(C(=O)c2ccc3c(c2)OCO3)Cc2nccn2C1. The van der Waals surface area contributed by atoms with Crippen molar-refractivity contribution in [3.8, 4) is 11.5 Å². The number of benzene rings is 1. The highest BCUT2D eigenvalue weighted by atomic mass is 16.7. The first-order valence-corrected chi connectivity index (χ1v) is 8.51. The van der Waals surface area contributed by atoms with Crippen molar-refractivity contribution in [3.63, 3.8) is 0 Å². The Balaban J connectivity index is 1.58. The minimum atomic E-state index is -0.0313. The molecule has 132 valence electrons. The number of hydrogen-bond acceptors (Lipinski definition) is 5. The van der Waals surface area contributed by atoms with E-state index in [0.29, 0.717) is 43.4 Å². The van der Waals surface area contributed by atoms with Gasteiger partial charge in [0.15, 0.2) is 11.5 Å². The lowest BCUT2D eigenvalue weighted by atomic mass is 10.1. The Bertz CT molecular complexity index is 773. The summed E-state index contributed by atoms with van der Waals surface area (Å²) in [5, 5.41) is 0. The van der Waals surface area contributed by atoms with E-state index in [4.69, 9.17) is 14.2 Å². The maximum atomic E-state index is 13.1. The van der Waals surface area contributed by atoms with Crippen molar-refractivity contribution in [2.75, 3.05) is 26.6 Å². The van der Waals surface area contributed by atoms with Crippen LogP contribution in [-0.2, 0) is 17.8 Å². The van der Waals surface area contributed by atoms with Crippen LogP contribution in [0.2, 0.25) is 0 Å². The van der Waals surface area contributed by atoms with Gasteiger partial charge in [-0.15, -0.1) is 0 Å². The van der Waals surface area contributed by atoms with Gasteiger partial charge in [-0.05, 0) is 25.1 Å². The zero-order valence-electron chi connectivity index (χ0n) is 14.2. The molecule has 0 aliphatic carbocycles. The summed E-state index contributed by atoms with van der Waals surface area (Å²) in [6.45, 7) is 5.40. The predicted molar refractivity (Wildman–Crippen MR) is 89.5 cm³/mol. The average molecular weight is 343 g/mol. The fraction of sp³-hybridized carbons (Fsp3) is 0.444. The Morgan fingerprint density at radius 1 is 1.32 bits per heavy atom. The summed E-state index contributed by atoms with van der Waals surface area (Å²) >= 11 is 0. The predicted octanol–water partition coefficient (Wildman–Crippen LogP) is 1.92. The van der Waals surface area contributed by atoms with Gasteiger partial charge in [0.05, 0.1) is 13.2 Å². The second-order valence-corrected chi connectivity index (χ2v) is 6.28. The normalized spacial score (nSPS) is 18.8. The molecule has 1 unspecified atom stereocenters. The highest BCUT2D eigenvalue weighted by Gasteiger charge is 2.27. The molecule has 3 heterocycles. The lowest BCUT2D eigenvalue weighted by molar-refractivity contribution is 0.0618. The Morgan fingerprint density at radius 2 is 2.20 bits per heavy atom. The van der Waals surface area contributed by atoms with Gasteiger partial charge >= 0.3 is 0 Å². The number of fused-ring (bicyclic) bond motifs is 2. The van der Waals surface area contributed by atoms with Gasteiger partial charge in [0.2, 0.25) is 6.79 Å². The first-order valence-electron chi connectivity index (χ1n) is 8.51. The maximum Gasteiger partial charge on any atom is 0.254 e. The van der Waals surface area contributed by atoms with E-state index in [1.165, 1.54) is 0 Å². The van der Waals surface area contributed by atoms with Gasteiger partial charge in [0.25, 0.3) is 5.91 Å². The molecule has 2 aromatic rings. The van der Waals surface area contributed by atoms with E-state index in [0.717, 1.165) is 12.4 Å². The van der Waals surface area contributed by atoms with Crippen LogP contribution < -0.4 is 9.47 Å². The standard InChI is InChI=1S/C18H21N3O4/c1-2-23-11-13-8-20-6-5-19-17(20)10-21(9-13)18(22)14-3-4-15-16(7-14)25-12-24-15/h3-7,13H,2,8-12H2,1H3. The number of carbonyl (C=O) groups excluding carboxylic acids is 1. The van der Waals surface area contributed by atoms with Crippen molar-refractivity contribution in [3.05, 3.63) is 42.0 Å². The van der Waals surface area contributed by atoms with Crippen molar-refractivity contribution in [1.82, 2.24) is 14.5 Å². The second-order valence-electron chi connectivity index (χ2n) is 6.28. The molecule has 0 saturated heterocycles. The zero-order valence-corrected chi connectivity index (χ0v) is 14.2. The molecular formula is C18H21N3O4. The fourth-order valence-electron chi connectivity index (χ4n) is 3.30. The van der Waals surface area contributed by atoms with Crippen molar-refractivity contribution in [1.29, 1.82) is 0 Å². The Labute approximate surface area is 146 Å². The summed E-state index contributed by atoms with van der Waals surface area (Å²) < 4.78 is 18.4. The van der Waals surface area contributed by atoms with E-state index < -0.39 is 0 Å². The number of ether oxygens (including phenoxy) is 3. The molecule has 2 aliphatic rings. The molecule has 2 aliphatic heterocycles. The number of aromatic nitrogens is 2. The van der Waals surface area contributed by atoms with Crippen LogP contribution in [0, 0.1) is 5.92 Å². The van der Waals surface area contributed by atoms with Crippen LogP contribution in [0.15, 0.2) is 30.6 Å². The lowest BCUT2D eigenvalue weighted by Crippen LogP contribution is -2.35. The number of carbonyl (C=O) groups is 1. The minimum absolute atomic E-state index is 0.0313. The van der Waals surface area contributed by atoms with Crippen LogP contribution in [0.3, 0.4) is 0 Å². The number of imidazole rings is 1. The molecular weight excluding hydrogens is 322 g/mol. The van der Waals surface area contributed by atoms with Crippen LogP contribution in [0.4, 0.5) is 0 Å². The van der Waals surface area contributed by atoms with Crippen molar-refractivity contribution in [2.24, 2.45) is 5.92 Å². The largest absolute Gasteiger partial charge is 0.454 e. The van der Waals surface area contributed by atoms with Crippen LogP contribution >= 0.6 is 0 Å². The summed E-state index contributed by atoms with van der Waals surface area (Å²) in [4.78, 5) is 19.3. The van der Waals surface area contributed by atoms with E-state index in [1.54, 1.807) is 24.4 Å². The smallest absolute Gasteiger partial charge is 0.254 e. The van der Waals surface area contributed by atoms with Gasteiger partial charge in [-0.3, -0.25) is 4.79 Å². The molecule has 1 atom stereocenters. The van der Waals surface area contributed by atoms with Gasteiger partial charge in [-0.25, -0.2) is 4.98 Å². The molecule has 7 nitrogen and oxygen atoms in total. The fourth-order valence-corrected chi connectivity index (χ4v) is 3.30. The summed E-state index contributed by atoms with van der Waals surface area (Å²) in [6, 6.07) is 5.32. The molecule has 25 heavy (non-hydrogen) atoms. The van der Waals surface area contributed by atoms with Gasteiger partial charge in [-0.2, -0.15) is 0 Å². The molecule has 0 radical (unpaired) electrons. The maximum absolute atomic E-state index is 13.1. The molecule has 4 rings (SSSR count). The third-order valence-electron chi connectivity index (χ3n) is 4.53. The van der Waals surface area contributed by atoms with Crippen LogP contribution in [-0.4, -0.2) is 46.9 Å². The lowest BCUT2D eigenvalue weighted by Gasteiger charge is -2.24. The number of amides is 1. The Hall–Kier alpha value is -2.54. The molecule has 0 bridgehead atoms. The van der Waals surface area contributed by atoms with Crippen LogP contribution in [0.25, 0.3) is 0 Å². The number of nitrogens with zero attached hydrogens (tertiary/aromatic N) is 3. The molecule has 0 saturated carbocycles. The monoisotopic (exact) mass is 343 g/mol. The highest BCUT2D eigenvalue weighted by molar-refractivity contribution is 5.95. The van der Waals surface area contributed by atoms with Gasteiger partial charge in [0.1, 0.15) is 5.82 Å². The third-order valence-corrected chi connectivity index (χ3v) is 4.53. The van der Waals surface area contributed by atoms with Crippen molar-refractivity contribution in [2.45, 2.75) is 20.0 Å². The minimum Gasteiger partial charge on any atom is -0.454 e. The van der Waals surface area contributed by atoms with Gasteiger partial charge in [0, 0.05) is 43.6 Å². The molecule has 0 N–H and O–H groups in total. The van der Waals surface area contributed by atoms with E-state index in [1.807, 2.05) is 18.0 Å². The van der Waals surface area contributed by atoms with E-state index in [-0.39, 0.29) is 18.6 Å². The van der Waals surface area contributed by atoms with Crippen molar-refractivity contribution >= 4 is 5.91 Å².